The fourth-order valence-electron chi connectivity index (χ4n) is 3.76. The number of halogens is 3. The van der Waals surface area contributed by atoms with Crippen LogP contribution in [0.15, 0.2) is 23.6 Å². The van der Waals surface area contributed by atoms with Crippen molar-refractivity contribution in [3.63, 3.8) is 0 Å². The number of thiazole rings is 1. The highest BCUT2D eigenvalue weighted by atomic mass is 35.5. The second-order valence-corrected chi connectivity index (χ2v) is 7.71. The third-order valence-electron chi connectivity index (χ3n) is 5.34. The maximum Gasteiger partial charge on any atom is 0.273 e. The fourth-order valence-corrected chi connectivity index (χ4v) is 4.60. The number of piperidine rings is 1. The lowest BCUT2D eigenvalue weighted by Gasteiger charge is -2.38. The number of aromatic nitrogens is 1. The molecule has 0 saturated carbocycles. The molecule has 0 unspecified atom stereocenters. The standard InChI is InChI=1S/C18H19F2N3OS.ClH/c19-12-2-1-3-13(20)15(12)16-22-14(10-25-16)17(24)23-8-5-18(6-9-23)4-7-21-11-18;/h1-3,10,21H,4-9,11H2;1H. The summed E-state index contributed by atoms with van der Waals surface area (Å²) in [5, 5.41) is 5.20. The van der Waals surface area contributed by atoms with Crippen LogP contribution < -0.4 is 5.32 Å². The Bertz CT molecular complexity index is 777. The van der Waals surface area contributed by atoms with Crippen molar-refractivity contribution in [3.05, 3.63) is 40.9 Å². The van der Waals surface area contributed by atoms with Gasteiger partial charge in [-0.3, -0.25) is 4.79 Å². The van der Waals surface area contributed by atoms with E-state index in [0.29, 0.717) is 18.5 Å². The lowest BCUT2D eigenvalue weighted by molar-refractivity contribution is 0.0603. The third kappa shape index (κ3) is 3.48. The number of nitrogens with zero attached hydrogens (tertiary/aromatic N) is 2. The van der Waals surface area contributed by atoms with Crippen LogP contribution in [-0.4, -0.2) is 42.0 Å². The van der Waals surface area contributed by atoms with Crippen molar-refractivity contribution in [1.82, 2.24) is 15.2 Å². The van der Waals surface area contributed by atoms with Crippen molar-refractivity contribution < 1.29 is 13.6 Å². The smallest absolute Gasteiger partial charge is 0.273 e. The monoisotopic (exact) mass is 399 g/mol. The van der Waals surface area contributed by atoms with Crippen LogP contribution in [0.5, 0.6) is 0 Å². The zero-order chi connectivity index (χ0) is 17.4. The summed E-state index contributed by atoms with van der Waals surface area (Å²) in [6.45, 7) is 3.50. The van der Waals surface area contributed by atoms with Gasteiger partial charge >= 0.3 is 0 Å². The normalized spacial score (nSPS) is 18.8. The first-order valence-electron chi connectivity index (χ1n) is 8.48. The van der Waals surface area contributed by atoms with E-state index in [9.17, 15) is 13.6 Å². The number of benzene rings is 1. The highest BCUT2D eigenvalue weighted by molar-refractivity contribution is 7.13. The molecular weight excluding hydrogens is 380 g/mol. The van der Waals surface area contributed by atoms with Gasteiger partial charge in [-0.25, -0.2) is 13.8 Å². The van der Waals surface area contributed by atoms with E-state index in [1.165, 1.54) is 24.6 Å². The Hall–Kier alpha value is -1.57. The van der Waals surface area contributed by atoms with Gasteiger partial charge in [0, 0.05) is 25.0 Å². The van der Waals surface area contributed by atoms with E-state index in [0.717, 1.165) is 37.3 Å². The molecule has 8 heteroatoms. The highest BCUT2D eigenvalue weighted by Crippen LogP contribution is 2.37. The zero-order valence-electron chi connectivity index (χ0n) is 14.1. The van der Waals surface area contributed by atoms with Gasteiger partial charge in [0.15, 0.2) is 0 Å². The number of carbonyl (C=O) groups is 1. The van der Waals surface area contributed by atoms with Gasteiger partial charge in [-0.05, 0) is 43.4 Å². The van der Waals surface area contributed by atoms with Crippen LogP contribution >= 0.6 is 23.7 Å². The molecule has 1 aromatic heterocycles. The van der Waals surface area contributed by atoms with Crippen molar-refractivity contribution in [2.24, 2.45) is 5.41 Å². The molecule has 1 aromatic carbocycles. The van der Waals surface area contributed by atoms with E-state index in [4.69, 9.17) is 0 Å². The zero-order valence-corrected chi connectivity index (χ0v) is 15.8. The SMILES string of the molecule is Cl.O=C(c1csc(-c2c(F)cccc2F)n1)N1CCC2(CCNC2)CC1. The van der Waals surface area contributed by atoms with Crippen LogP contribution in [-0.2, 0) is 0 Å². The molecule has 4 nitrogen and oxygen atoms in total. The summed E-state index contributed by atoms with van der Waals surface area (Å²) in [5.41, 5.74) is 0.435. The average molecular weight is 400 g/mol. The minimum absolute atomic E-state index is 0. The first kappa shape index (κ1) is 19.2. The molecule has 1 spiro atoms. The first-order valence-corrected chi connectivity index (χ1v) is 9.36. The molecule has 26 heavy (non-hydrogen) atoms. The van der Waals surface area contributed by atoms with Gasteiger partial charge < -0.3 is 10.2 Å². The molecule has 140 valence electrons. The maximum atomic E-state index is 13.9. The maximum absolute atomic E-state index is 13.9. The number of rotatable bonds is 2. The predicted molar refractivity (Wildman–Crippen MR) is 99.8 cm³/mol. The van der Waals surface area contributed by atoms with Gasteiger partial charge in [-0.15, -0.1) is 23.7 Å². The summed E-state index contributed by atoms with van der Waals surface area (Å²) in [4.78, 5) is 18.7. The van der Waals surface area contributed by atoms with Gasteiger partial charge in [0.2, 0.25) is 0 Å². The molecule has 4 rings (SSSR count). The molecule has 2 aromatic rings. The van der Waals surface area contributed by atoms with Gasteiger partial charge in [0.25, 0.3) is 5.91 Å². The van der Waals surface area contributed by atoms with Crippen molar-refractivity contribution in [2.45, 2.75) is 19.3 Å². The predicted octanol–water partition coefficient (Wildman–Crippen LogP) is 3.73. The molecule has 0 aliphatic carbocycles. The Morgan fingerprint density at radius 1 is 1.19 bits per heavy atom. The van der Waals surface area contributed by atoms with E-state index in [2.05, 4.69) is 10.3 Å². The summed E-state index contributed by atoms with van der Waals surface area (Å²) in [5.74, 6) is -1.48. The summed E-state index contributed by atoms with van der Waals surface area (Å²) >= 11 is 1.09. The molecule has 2 fully saturated rings. The first-order chi connectivity index (χ1) is 12.1. The Morgan fingerprint density at radius 2 is 1.88 bits per heavy atom. The van der Waals surface area contributed by atoms with Crippen molar-refractivity contribution >= 4 is 29.7 Å². The topological polar surface area (TPSA) is 45.2 Å². The second kappa shape index (κ2) is 7.58. The van der Waals surface area contributed by atoms with E-state index in [-0.39, 0.29) is 34.6 Å². The molecule has 2 aliphatic rings. The number of hydrogen-bond donors (Lipinski definition) is 1. The number of likely N-dealkylation sites (tertiary alicyclic amines) is 1. The lowest BCUT2D eigenvalue weighted by Crippen LogP contribution is -2.44. The third-order valence-corrected chi connectivity index (χ3v) is 6.20. The summed E-state index contributed by atoms with van der Waals surface area (Å²) in [7, 11) is 0. The quantitative estimate of drug-likeness (QED) is 0.837. The van der Waals surface area contributed by atoms with Crippen LogP contribution in [0.25, 0.3) is 10.6 Å². The number of carbonyl (C=O) groups excluding carboxylic acids is 1. The number of amides is 1. The van der Waals surface area contributed by atoms with Crippen LogP contribution in [0.4, 0.5) is 8.78 Å². The molecule has 2 saturated heterocycles. The minimum Gasteiger partial charge on any atom is -0.337 e. The van der Waals surface area contributed by atoms with E-state index >= 15 is 0 Å². The lowest BCUT2D eigenvalue weighted by atomic mass is 9.78. The molecule has 1 N–H and O–H groups in total. The van der Waals surface area contributed by atoms with Gasteiger partial charge in [-0.1, -0.05) is 6.07 Å². The Morgan fingerprint density at radius 3 is 2.50 bits per heavy atom. The molecule has 1 amide bonds. The van der Waals surface area contributed by atoms with Gasteiger partial charge in [0.1, 0.15) is 22.3 Å². The van der Waals surface area contributed by atoms with Crippen molar-refractivity contribution in [3.8, 4) is 10.6 Å². The molecule has 0 bridgehead atoms. The number of hydrogen-bond acceptors (Lipinski definition) is 4. The molecule has 2 aliphatic heterocycles. The van der Waals surface area contributed by atoms with Crippen LogP contribution in [0.3, 0.4) is 0 Å². The average Bonchev–Trinajstić information content (AvgIpc) is 3.25. The molecule has 0 radical (unpaired) electrons. The Balaban J connectivity index is 0.00000196. The van der Waals surface area contributed by atoms with E-state index in [1.54, 1.807) is 10.3 Å². The largest absolute Gasteiger partial charge is 0.337 e. The van der Waals surface area contributed by atoms with Gasteiger partial charge in [-0.2, -0.15) is 0 Å². The summed E-state index contributed by atoms with van der Waals surface area (Å²) in [6.07, 6.45) is 3.15. The van der Waals surface area contributed by atoms with Crippen LogP contribution in [0.1, 0.15) is 29.8 Å². The van der Waals surface area contributed by atoms with E-state index in [1.807, 2.05) is 0 Å². The second-order valence-electron chi connectivity index (χ2n) is 6.85. The van der Waals surface area contributed by atoms with Crippen molar-refractivity contribution in [2.75, 3.05) is 26.2 Å². The minimum atomic E-state index is -0.665. The van der Waals surface area contributed by atoms with Gasteiger partial charge in [0.05, 0.1) is 5.56 Å². The van der Waals surface area contributed by atoms with Crippen molar-refractivity contribution in [1.29, 1.82) is 0 Å². The summed E-state index contributed by atoms with van der Waals surface area (Å²) < 4.78 is 27.8. The summed E-state index contributed by atoms with van der Waals surface area (Å²) in [6, 6.07) is 3.71. The molecule has 0 atom stereocenters. The number of nitrogens with one attached hydrogen (secondary N) is 1. The van der Waals surface area contributed by atoms with Crippen LogP contribution in [0, 0.1) is 17.0 Å². The highest BCUT2D eigenvalue weighted by Gasteiger charge is 2.38. The Labute approximate surface area is 161 Å². The molecular formula is C18H20ClF2N3OS. The molecule has 3 heterocycles. The fraction of sp³-hybridized carbons (Fsp3) is 0.444. The Kier molecular flexibility index (Phi) is 5.60. The van der Waals surface area contributed by atoms with E-state index < -0.39 is 11.6 Å². The van der Waals surface area contributed by atoms with Crippen LogP contribution in [0.2, 0.25) is 0 Å².